The number of rotatable bonds is 6. The molecule has 0 spiro atoms. The molecular formula is C17H19N7O3. The molecule has 1 saturated carbocycles. The summed E-state index contributed by atoms with van der Waals surface area (Å²) in [6, 6.07) is 5.54. The first kappa shape index (κ1) is 18.3. The van der Waals surface area contributed by atoms with Crippen molar-refractivity contribution in [3.05, 3.63) is 34.6 Å². The summed E-state index contributed by atoms with van der Waals surface area (Å²) in [4.78, 5) is 23.2. The second-order valence-corrected chi connectivity index (χ2v) is 6.14. The van der Waals surface area contributed by atoms with Crippen molar-refractivity contribution < 1.29 is 9.66 Å². The Labute approximate surface area is 155 Å². The van der Waals surface area contributed by atoms with Gasteiger partial charge < -0.3 is 15.4 Å². The number of ether oxygens (including phenoxy) is 1. The van der Waals surface area contributed by atoms with E-state index in [1.54, 1.807) is 18.3 Å². The van der Waals surface area contributed by atoms with Gasteiger partial charge in [0.15, 0.2) is 0 Å². The Morgan fingerprint density at radius 3 is 2.93 bits per heavy atom. The van der Waals surface area contributed by atoms with Crippen molar-refractivity contribution in [2.45, 2.75) is 31.7 Å². The summed E-state index contributed by atoms with van der Waals surface area (Å²) in [5.74, 6) is 0.403. The quantitative estimate of drug-likeness (QED) is 0.581. The van der Waals surface area contributed by atoms with Crippen LogP contribution in [-0.4, -0.2) is 33.0 Å². The van der Waals surface area contributed by atoms with Gasteiger partial charge in [-0.1, -0.05) is 12.8 Å². The summed E-state index contributed by atoms with van der Waals surface area (Å²) in [6.45, 7) is 0. The highest BCUT2D eigenvalue weighted by atomic mass is 16.6. The summed E-state index contributed by atoms with van der Waals surface area (Å²) in [5, 5.41) is 26.7. The van der Waals surface area contributed by atoms with Crippen LogP contribution in [-0.2, 0) is 0 Å². The zero-order chi connectivity index (χ0) is 19.2. The molecule has 1 fully saturated rings. The number of pyridine rings is 1. The van der Waals surface area contributed by atoms with E-state index in [0.717, 1.165) is 31.9 Å². The highest BCUT2D eigenvalue weighted by Crippen LogP contribution is 2.31. The molecule has 10 nitrogen and oxygen atoms in total. The van der Waals surface area contributed by atoms with Crippen molar-refractivity contribution in [2.75, 3.05) is 17.7 Å². The first-order valence-electron chi connectivity index (χ1n) is 8.56. The third kappa shape index (κ3) is 4.20. The molecule has 27 heavy (non-hydrogen) atoms. The van der Waals surface area contributed by atoms with Crippen molar-refractivity contribution in [3.63, 3.8) is 0 Å². The average molecular weight is 369 g/mol. The van der Waals surface area contributed by atoms with Crippen LogP contribution >= 0.6 is 0 Å². The molecule has 0 saturated heterocycles. The number of hydrogen-bond acceptors (Lipinski definition) is 9. The lowest BCUT2D eigenvalue weighted by molar-refractivity contribution is -0.384. The van der Waals surface area contributed by atoms with Gasteiger partial charge >= 0.3 is 5.69 Å². The second-order valence-electron chi connectivity index (χ2n) is 6.14. The van der Waals surface area contributed by atoms with E-state index in [-0.39, 0.29) is 29.4 Å². The van der Waals surface area contributed by atoms with Crippen molar-refractivity contribution in [1.29, 1.82) is 5.26 Å². The van der Waals surface area contributed by atoms with Gasteiger partial charge in [-0.15, -0.1) is 0 Å². The molecule has 2 aromatic rings. The fraction of sp³-hybridized carbons (Fsp3) is 0.412. The van der Waals surface area contributed by atoms with Gasteiger partial charge in [0.25, 0.3) is 0 Å². The summed E-state index contributed by atoms with van der Waals surface area (Å²) in [6.07, 6.45) is 6.20. The van der Waals surface area contributed by atoms with Gasteiger partial charge in [0.2, 0.25) is 17.6 Å². The Kier molecular flexibility index (Phi) is 5.61. The van der Waals surface area contributed by atoms with Crippen LogP contribution in [0.15, 0.2) is 24.5 Å². The predicted octanol–water partition coefficient (Wildman–Crippen LogP) is 3.03. The maximum Gasteiger partial charge on any atom is 0.329 e. The van der Waals surface area contributed by atoms with Gasteiger partial charge in [-0.3, -0.25) is 10.1 Å². The second kappa shape index (κ2) is 8.27. The van der Waals surface area contributed by atoms with Crippen LogP contribution < -0.4 is 15.4 Å². The molecule has 0 aromatic carbocycles. The van der Waals surface area contributed by atoms with Crippen LogP contribution in [0.25, 0.3) is 0 Å². The van der Waals surface area contributed by atoms with Crippen LogP contribution in [0.4, 0.5) is 23.1 Å². The molecule has 0 amide bonds. The molecule has 140 valence electrons. The normalized spacial score (nSPS) is 19.0. The van der Waals surface area contributed by atoms with Crippen molar-refractivity contribution in [1.82, 2.24) is 15.0 Å². The van der Waals surface area contributed by atoms with E-state index in [0.29, 0.717) is 11.6 Å². The molecule has 10 heteroatoms. The maximum atomic E-state index is 11.4. The van der Waals surface area contributed by atoms with Crippen LogP contribution in [0.5, 0.6) is 5.88 Å². The van der Waals surface area contributed by atoms with Crippen molar-refractivity contribution in [3.8, 4) is 11.9 Å². The fourth-order valence-corrected chi connectivity index (χ4v) is 3.08. The molecule has 2 heterocycles. The van der Waals surface area contributed by atoms with Gasteiger partial charge in [0.05, 0.1) is 24.0 Å². The van der Waals surface area contributed by atoms with Crippen molar-refractivity contribution >= 4 is 23.1 Å². The molecule has 2 atom stereocenters. The number of nitro groups is 1. The van der Waals surface area contributed by atoms with E-state index in [1.165, 1.54) is 7.11 Å². The minimum atomic E-state index is -0.541. The number of aromatic nitrogens is 3. The van der Waals surface area contributed by atoms with Gasteiger partial charge in [-0.05, 0) is 25.0 Å². The number of hydrogen-bond donors (Lipinski definition) is 2. The Hall–Kier alpha value is -3.48. The molecule has 1 aliphatic carbocycles. The van der Waals surface area contributed by atoms with Crippen molar-refractivity contribution in [2.24, 2.45) is 5.92 Å². The monoisotopic (exact) mass is 369 g/mol. The van der Waals surface area contributed by atoms with Crippen LogP contribution in [0.1, 0.15) is 25.7 Å². The largest absolute Gasteiger partial charge is 0.480 e. The van der Waals surface area contributed by atoms with Gasteiger partial charge in [-0.25, -0.2) is 9.97 Å². The Balaban J connectivity index is 1.88. The highest BCUT2D eigenvalue weighted by molar-refractivity contribution is 5.63. The topological polar surface area (TPSA) is 139 Å². The molecule has 1 aliphatic rings. The van der Waals surface area contributed by atoms with Crippen LogP contribution in [0, 0.1) is 27.4 Å². The number of nitriles is 1. The van der Waals surface area contributed by atoms with Gasteiger partial charge in [0, 0.05) is 12.2 Å². The third-order valence-electron chi connectivity index (χ3n) is 4.43. The number of anilines is 3. The van der Waals surface area contributed by atoms with E-state index < -0.39 is 4.92 Å². The molecule has 2 N–H and O–H groups in total. The average Bonchev–Trinajstić information content (AvgIpc) is 2.69. The lowest BCUT2D eigenvalue weighted by atomic mass is 9.85. The fourth-order valence-electron chi connectivity index (χ4n) is 3.08. The standard InChI is InChI=1S/C17H19N7O3/c1-27-16-13(7-4-8-19-16)22-17-20-10-14(24(25)26)15(23-17)21-12-6-3-2-5-11(12)9-18/h4,7-8,10-12H,2-3,5-6H2,1H3,(H2,20,21,22,23)/t11-,12-/m1/s1. The lowest BCUT2D eigenvalue weighted by Gasteiger charge is -2.27. The molecular weight excluding hydrogens is 350 g/mol. The summed E-state index contributed by atoms with van der Waals surface area (Å²) >= 11 is 0. The van der Waals surface area contributed by atoms with Gasteiger partial charge in [0.1, 0.15) is 11.9 Å². The molecule has 0 bridgehead atoms. The van der Waals surface area contributed by atoms with Crippen LogP contribution in [0.2, 0.25) is 0 Å². The van der Waals surface area contributed by atoms with E-state index in [4.69, 9.17) is 4.74 Å². The predicted molar refractivity (Wildman–Crippen MR) is 97.7 cm³/mol. The molecule has 3 rings (SSSR count). The minimum Gasteiger partial charge on any atom is -0.480 e. The maximum absolute atomic E-state index is 11.4. The smallest absolute Gasteiger partial charge is 0.329 e. The van der Waals surface area contributed by atoms with E-state index in [2.05, 4.69) is 31.7 Å². The zero-order valence-corrected chi connectivity index (χ0v) is 14.8. The Morgan fingerprint density at radius 2 is 2.19 bits per heavy atom. The molecule has 0 unspecified atom stereocenters. The van der Waals surface area contributed by atoms with E-state index >= 15 is 0 Å². The van der Waals surface area contributed by atoms with Gasteiger partial charge in [-0.2, -0.15) is 10.2 Å². The summed E-state index contributed by atoms with van der Waals surface area (Å²) in [5.41, 5.74) is 0.299. The lowest BCUT2D eigenvalue weighted by Crippen LogP contribution is -2.32. The molecule has 0 aliphatic heterocycles. The number of nitrogens with one attached hydrogen (secondary N) is 2. The number of nitrogens with zero attached hydrogens (tertiary/aromatic N) is 5. The first-order valence-corrected chi connectivity index (χ1v) is 8.56. The summed E-state index contributed by atoms with van der Waals surface area (Å²) < 4.78 is 5.17. The first-order chi connectivity index (χ1) is 13.1. The van der Waals surface area contributed by atoms with E-state index in [1.807, 2.05) is 0 Å². The SMILES string of the molecule is COc1ncccc1Nc1ncc([N+](=O)[O-])c(N[C@@H]2CCCC[C@@H]2C#N)n1. The summed E-state index contributed by atoms with van der Waals surface area (Å²) in [7, 11) is 1.49. The molecule has 2 aromatic heterocycles. The Bertz CT molecular complexity index is 868. The number of methoxy groups -OCH3 is 1. The third-order valence-corrected chi connectivity index (χ3v) is 4.43. The van der Waals surface area contributed by atoms with Crippen LogP contribution in [0.3, 0.4) is 0 Å². The van der Waals surface area contributed by atoms with E-state index in [9.17, 15) is 15.4 Å². The zero-order valence-electron chi connectivity index (χ0n) is 14.8. The minimum absolute atomic E-state index is 0.0903. The molecule has 0 radical (unpaired) electrons. The Morgan fingerprint density at radius 1 is 1.37 bits per heavy atom. The highest BCUT2D eigenvalue weighted by Gasteiger charge is 2.28.